The zero-order chi connectivity index (χ0) is 29.0. The van der Waals surface area contributed by atoms with Gasteiger partial charge in [0.15, 0.2) is 0 Å². The number of aliphatic imine (C=N–C) groups is 1. The third-order valence-corrected chi connectivity index (χ3v) is 10.5. The van der Waals surface area contributed by atoms with E-state index in [-0.39, 0.29) is 24.4 Å². The van der Waals surface area contributed by atoms with Gasteiger partial charge < -0.3 is 19.4 Å². The Morgan fingerprint density at radius 2 is 1.68 bits per heavy atom. The zero-order valence-corrected chi connectivity index (χ0v) is 25.5. The minimum absolute atomic E-state index is 0.0841. The molecule has 3 aliphatic rings. The fourth-order valence-electron chi connectivity index (χ4n) is 5.87. The SMILES string of the molecule is COc1cc(C)c(S(=O)(=O)N(CC(C)N=C(ON)C(=O)N2CCN(CC3CCN(C)CC3)CC2)C2CC2)c(C)c1. The third kappa shape index (κ3) is 7.33. The second-order valence-corrected chi connectivity index (χ2v) is 13.5. The molecule has 2 saturated heterocycles. The van der Waals surface area contributed by atoms with Gasteiger partial charge in [0.05, 0.1) is 18.0 Å². The molecule has 1 aromatic carbocycles. The highest BCUT2D eigenvalue weighted by molar-refractivity contribution is 7.89. The normalized spacial score (nSPS) is 21.1. The molecular weight excluding hydrogens is 532 g/mol. The number of piperidine rings is 1. The van der Waals surface area contributed by atoms with E-state index in [1.165, 1.54) is 17.1 Å². The number of carbonyl (C=O) groups is 1. The Bertz CT molecular complexity index is 1150. The van der Waals surface area contributed by atoms with E-state index < -0.39 is 16.1 Å². The Balaban J connectivity index is 1.39. The van der Waals surface area contributed by atoms with Gasteiger partial charge in [-0.25, -0.2) is 13.4 Å². The lowest BCUT2D eigenvalue weighted by Crippen LogP contribution is -2.52. The van der Waals surface area contributed by atoms with Crippen LogP contribution in [0.5, 0.6) is 5.75 Å². The number of nitrogens with zero attached hydrogens (tertiary/aromatic N) is 5. The van der Waals surface area contributed by atoms with Crippen LogP contribution in [0.3, 0.4) is 0 Å². The number of sulfonamides is 1. The first kappa shape index (κ1) is 30.7. The minimum atomic E-state index is -3.79. The van der Waals surface area contributed by atoms with Crippen molar-refractivity contribution < 1.29 is 22.8 Å². The van der Waals surface area contributed by atoms with Crippen molar-refractivity contribution in [3.63, 3.8) is 0 Å². The Labute approximate surface area is 239 Å². The number of nitrogens with two attached hydrogens (primary N) is 1. The first-order chi connectivity index (χ1) is 19.0. The molecule has 2 aliphatic heterocycles. The van der Waals surface area contributed by atoms with Gasteiger partial charge in [0.2, 0.25) is 10.0 Å². The summed E-state index contributed by atoms with van der Waals surface area (Å²) in [6.45, 7) is 11.6. The summed E-state index contributed by atoms with van der Waals surface area (Å²) in [6.07, 6.45) is 4.03. The van der Waals surface area contributed by atoms with Crippen LogP contribution in [0.25, 0.3) is 0 Å². The number of amides is 1. The first-order valence-corrected chi connectivity index (χ1v) is 15.8. The molecular formula is C28H46N6O5S. The van der Waals surface area contributed by atoms with Gasteiger partial charge in [-0.3, -0.25) is 9.69 Å². The number of piperazine rings is 1. The van der Waals surface area contributed by atoms with Crippen LogP contribution in [-0.4, -0.2) is 118 Å². The van der Waals surface area contributed by atoms with Crippen LogP contribution in [-0.2, 0) is 19.7 Å². The number of methoxy groups -OCH3 is 1. The first-order valence-electron chi connectivity index (χ1n) is 14.3. The Kier molecular flexibility index (Phi) is 10.1. The second-order valence-electron chi connectivity index (χ2n) is 11.6. The van der Waals surface area contributed by atoms with Crippen LogP contribution >= 0.6 is 0 Å². The minimum Gasteiger partial charge on any atom is -0.497 e. The molecule has 2 heterocycles. The van der Waals surface area contributed by atoms with Crippen LogP contribution in [0.2, 0.25) is 0 Å². The molecule has 1 amide bonds. The predicted molar refractivity (Wildman–Crippen MR) is 155 cm³/mol. The van der Waals surface area contributed by atoms with Gasteiger partial charge in [-0.2, -0.15) is 10.2 Å². The van der Waals surface area contributed by atoms with Gasteiger partial charge in [0, 0.05) is 45.3 Å². The third-order valence-electron chi connectivity index (χ3n) is 8.28. The number of benzene rings is 1. The van der Waals surface area contributed by atoms with E-state index in [0.717, 1.165) is 45.6 Å². The molecule has 3 fully saturated rings. The molecule has 4 rings (SSSR count). The number of hydrogen-bond donors (Lipinski definition) is 1. The molecule has 0 spiro atoms. The average molecular weight is 579 g/mol. The number of rotatable bonds is 9. The fraction of sp³-hybridized carbons (Fsp3) is 0.714. The summed E-state index contributed by atoms with van der Waals surface area (Å²) >= 11 is 0. The fourth-order valence-corrected chi connectivity index (χ4v) is 8.06. The van der Waals surface area contributed by atoms with Gasteiger partial charge in [0.25, 0.3) is 5.90 Å². The van der Waals surface area contributed by atoms with Crippen molar-refractivity contribution in [1.29, 1.82) is 0 Å². The van der Waals surface area contributed by atoms with E-state index in [1.807, 2.05) is 0 Å². The monoisotopic (exact) mass is 578 g/mol. The molecule has 1 aromatic rings. The lowest BCUT2D eigenvalue weighted by atomic mass is 9.96. The number of ether oxygens (including phenoxy) is 1. The lowest BCUT2D eigenvalue weighted by Gasteiger charge is -2.38. The van der Waals surface area contributed by atoms with Crippen molar-refractivity contribution in [2.75, 3.05) is 66.5 Å². The Morgan fingerprint density at radius 1 is 1.07 bits per heavy atom. The summed E-state index contributed by atoms with van der Waals surface area (Å²) < 4.78 is 34.5. The molecule has 2 N–H and O–H groups in total. The molecule has 1 aliphatic carbocycles. The van der Waals surface area contributed by atoms with Gasteiger partial charge in [0.1, 0.15) is 5.75 Å². The maximum Gasteiger partial charge on any atom is 0.311 e. The molecule has 0 aromatic heterocycles. The van der Waals surface area contributed by atoms with Crippen LogP contribution in [0.4, 0.5) is 0 Å². The number of carbonyl (C=O) groups excluding carboxylic acids is 1. The van der Waals surface area contributed by atoms with Crippen molar-refractivity contribution in [3.05, 3.63) is 23.3 Å². The van der Waals surface area contributed by atoms with Crippen LogP contribution in [0, 0.1) is 19.8 Å². The van der Waals surface area contributed by atoms with E-state index in [4.69, 9.17) is 15.5 Å². The van der Waals surface area contributed by atoms with E-state index in [0.29, 0.717) is 40.8 Å². The van der Waals surface area contributed by atoms with Crippen molar-refractivity contribution in [2.24, 2.45) is 16.8 Å². The summed E-state index contributed by atoms with van der Waals surface area (Å²) in [6, 6.07) is 2.86. The standard InChI is InChI=1S/C28H46N6O5S/c1-20-16-25(38-5)17-21(2)26(20)40(36,37)34(24-6-7-24)18-22(3)30-27(39-29)28(35)33-14-12-32(13-15-33)19-23-8-10-31(4)11-9-23/h16-17,22-24H,6-15,18-19,29H2,1-5H3. The second kappa shape index (κ2) is 13.2. The molecule has 0 radical (unpaired) electrons. The quantitative estimate of drug-likeness (QED) is 0.267. The molecule has 12 heteroatoms. The predicted octanol–water partition coefficient (Wildman–Crippen LogP) is 1.63. The number of likely N-dealkylation sites (tertiary alicyclic amines) is 1. The molecule has 11 nitrogen and oxygen atoms in total. The highest BCUT2D eigenvalue weighted by Crippen LogP contribution is 2.35. The van der Waals surface area contributed by atoms with Crippen molar-refractivity contribution in [2.45, 2.75) is 63.4 Å². The molecule has 1 unspecified atom stereocenters. The van der Waals surface area contributed by atoms with E-state index in [2.05, 4.69) is 21.8 Å². The smallest absolute Gasteiger partial charge is 0.311 e. The highest BCUT2D eigenvalue weighted by atomic mass is 32.2. The molecule has 0 bridgehead atoms. The van der Waals surface area contributed by atoms with Gasteiger partial charge >= 0.3 is 5.91 Å². The van der Waals surface area contributed by atoms with Gasteiger partial charge in [-0.05, 0) is 95.8 Å². The van der Waals surface area contributed by atoms with Crippen LogP contribution < -0.4 is 10.6 Å². The molecule has 224 valence electrons. The number of hydrogen-bond acceptors (Lipinski definition) is 9. The Hall–Kier alpha value is -2.25. The lowest BCUT2D eigenvalue weighted by molar-refractivity contribution is -0.127. The maximum atomic E-state index is 13.8. The molecule has 1 saturated carbocycles. The number of aryl methyl sites for hydroxylation is 2. The van der Waals surface area contributed by atoms with Gasteiger partial charge in [-0.1, -0.05) is 0 Å². The largest absolute Gasteiger partial charge is 0.497 e. The van der Waals surface area contributed by atoms with Crippen molar-refractivity contribution in [1.82, 2.24) is 19.0 Å². The van der Waals surface area contributed by atoms with Gasteiger partial charge in [-0.15, -0.1) is 0 Å². The average Bonchev–Trinajstić information content (AvgIpc) is 3.76. The molecule has 1 atom stereocenters. The summed E-state index contributed by atoms with van der Waals surface area (Å²) in [5, 5.41) is 0. The maximum absolute atomic E-state index is 13.8. The van der Waals surface area contributed by atoms with Crippen LogP contribution in [0.15, 0.2) is 22.0 Å². The summed E-state index contributed by atoms with van der Waals surface area (Å²) in [7, 11) is -0.0564. The van der Waals surface area contributed by atoms with E-state index in [9.17, 15) is 13.2 Å². The van der Waals surface area contributed by atoms with Crippen LogP contribution in [0.1, 0.15) is 43.7 Å². The highest BCUT2D eigenvalue weighted by Gasteiger charge is 2.40. The zero-order valence-electron chi connectivity index (χ0n) is 24.6. The Morgan fingerprint density at radius 3 is 2.20 bits per heavy atom. The summed E-state index contributed by atoms with van der Waals surface area (Å²) in [5.74, 6) is 6.30. The van der Waals surface area contributed by atoms with E-state index >= 15 is 0 Å². The van der Waals surface area contributed by atoms with Crippen molar-refractivity contribution >= 4 is 21.8 Å². The summed E-state index contributed by atoms with van der Waals surface area (Å²) in [5.41, 5.74) is 1.27. The van der Waals surface area contributed by atoms with Crippen molar-refractivity contribution in [3.8, 4) is 5.75 Å². The molecule has 40 heavy (non-hydrogen) atoms. The summed E-state index contributed by atoms with van der Waals surface area (Å²) in [4.78, 5) is 29.4. The van der Waals surface area contributed by atoms with E-state index in [1.54, 1.807) is 44.9 Å². The topological polar surface area (TPSA) is 121 Å².